The molecular formula is C19H20N6O. The highest BCUT2D eigenvalue weighted by atomic mass is 16.5. The number of anilines is 1. The van der Waals surface area contributed by atoms with Crippen molar-refractivity contribution >= 4 is 27.8 Å². The third-order valence-electron chi connectivity index (χ3n) is 5.05. The highest BCUT2D eigenvalue weighted by molar-refractivity contribution is 5.96. The van der Waals surface area contributed by atoms with Gasteiger partial charge in [-0.1, -0.05) is 12.1 Å². The van der Waals surface area contributed by atoms with Crippen LogP contribution in [0, 0.1) is 0 Å². The zero-order valence-electron chi connectivity index (χ0n) is 14.8. The van der Waals surface area contributed by atoms with Gasteiger partial charge >= 0.3 is 0 Å². The van der Waals surface area contributed by atoms with E-state index in [2.05, 4.69) is 40.1 Å². The Morgan fingerprint density at radius 3 is 3.00 bits per heavy atom. The molecule has 0 saturated carbocycles. The third-order valence-corrected chi connectivity index (χ3v) is 5.05. The van der Waals surface area contributed by atoms with Crippen LogP contribution in [0.1, 0.15) is 6.92 Å². The van der Waals surface area contributed by atoms with E-state index in [1.165, 1.54) is 0 Å². The molecule has 1 saturated heterocycles. The fourth-order valence-electron chi connectivity index (χ4n) is 3.67. The largest absolute Gasteiger partial charge is 0.377 e. The molecule has 0 bridgehead atoms. The van der Waals surface area contributed by atoms with E-state index >= 15 is 0 Å². The summed E-state index contributed by atoms with van der Waals surface area (Å²) >= 11 is 0. The molecule has 7 heteroatoms. The molecule has 4 heterocycles. The van der Waals surface area contributed by atoms with Crippen LogP contribution in [0.25, 0.3) is 33.3 Å². The number of hydrogen-bond donors (Lipinski definition) is 1. The molecule has 0 spiro atoms. The second kappa shape index (κ2) is 5.81. The maximum absolute atomic E-state index is 5.60. The number of aryl methyl sites for hydroxylation is 1. The number of aromatic nitrogens is 5. The summed E-state index contributed by atoms with van der Waals surface area (Å²) in [6.07, 6.45) is 3.80. The molecule has 1 fully saturated rings. The van der Waals surface area contributed by atoms with Gasteiger partial charge in [-0.3, -0.25) is 4.68 Å². The van der Waals surface area contributed by atoms with Gasteiger partial charge in [0.15, 0.2) is 11.5 Å². The van der Waals surface area contributed by atoms with Crippen LogP contribution >= 0.6 is 0 Å². The zero-order valence-corrected chi connectivity index (χ0v) is 14.8. The lowest BCUT2D eigenvalue weighted by Crippen LogP contribution is -2.44. The predicted octanol–water partition coefficient (Wildman–Crippen LogP) is 2.74. The normalized spacial score (nSPS) is 18.1. The summed E-state index contributed by atoms with van der Waals surface area (Å²) < 4.78 is 7.41. The van der Waals surface area contributed by atoms with Gasteiger partial charge in [-0.05, 0) is 19.1 Å². The average molecular weight is 348 g/mol. The maximum atomic E-state index is 5.60. The first-order valence-corrected chi connectivity index (χ1v) is 8.83. The van der Waals surface area contributed by atoms with Crippen molar-refractivity contribution in [1.82, 2.24) is 24.7 Å². The summed E-state index contributed by atoms with van der Waals surface area (Å²) in [6, 6.07) is 8.49. The number of nitrogens with zero attached hydrogens (tertiary/aromatic N) is 5. The van der Waals surface area contributed by atoms with Crippen molar-refractivity contribution in [2.24, 2.45) is 7.05 Å². The van der Waals surface area contributed by atoms with E-state index in [0.717, 1.165) is 45.7 Å². The van der Waals surface area contributed by atoms with Gasteiger partial charge in [0.2, 0.25) is 0 Å². The molecule has 3 aromatic heterocycles. The standard InChI is InChI=1S/C19H20N6O/c1-12-11-26-9-8-25(12)19-15-10-21-24(2)18(15)22-17(23-19)14-4-3-5-16-13(14)6-7-20-16/h3-7,10,12,20H,8-9,11H2,1-2H3/t12-/m1/s1. The van der Waals surface area contributed by atoms with E-state index in [0.29, 0.717) is 13.2 Å². The number of ether oxygens (including phenoxy) is 1. The molecule has 0 unspecified atom stereocenters. The quantitative estimate of drug-likeness (QED) is 0.603. The van der Waals surface area contributed by atoms with E-state index in [9.17, 15) is 0 Å². The van der Waals surface area contributed by atoms with Crippen LogP contribution in [0.15, 0.2) is 36.7 Å². The minimum atomic E-state index is 0.262. The Balaban J connectivity index is 1.76. The van der Waals surface area contributed by atoms with Crippen LogP contribution in [0.4, 0.5) is 5.82 Å². The second-order valence-corrected chi connectivity index (χ2v) is 6.74. The molecule has 26 heavy (non-hydrogen) atoms. The maximum Gasteiger partial charge on any atom is 0.164 e. The highest BCUT2D eigenvalue weighted by Gasteiger charge is 2.25. The van der Waals surface area contributed by atoms with E-state index in [1.54, 1.807) is 0 Å². The SMILES string of the molecule is C[C@@H]1COCCN1c1nc(-c2cccc3[nH]ccc23)nc2c1cnn2C. The smallest absolute Gasteiger partial charge is 0.164 e. The van der Waals surface area contributed by atoms with Crippen molar-refractivity contribution in [3.63, 3.8) is 0 Å². The Kier molecular flexibility index (Phi) is 3.43. The molecule has 0 aliphatic carbocycles. The van der Waals surface area contributed by atoms with Crippen LogP contribution in [-0.4, -0.2) is 50.5 Å². The first kappa shape index (κ1) is 15.3. The molecule has 1 atom stereocenters. The van der Waals surface area contributed by atoms with Crippen LogP contribution in [0.2, 0.25) is 0 Å². The lowest BCUT2D eigenvalue weighted by atomic mass is 10.1. The van der Waals surface area contributed by atoms with Crippen LogP contribution in [0.5, 0.6) is 0 Å². The van der Waals surface area contributed by atoms with E-state index in [-0.39, 0.29) is 6.04 Å². The number of aromatic amines is 1. The van der Waals surface area contributed by atoms with Gasteiger partial charge in [-0.15, -0.1) is 0 Å². The van der Waals surface area contributed by atoms with E-state index < -0.39 is 0 Å². The molecule has 7 nitrogen and oxygen atoms in total. The average Bonchev–Trinajstić information content (AvgIpc) is 3.28. The van der Waals surface area contributed by atoms with Gasteiger partial charge in [0.1, 0.15) is 5.82 Å². The Hall–Kier alpha value is -2.93. The fourth-order valence-corrected chi connectivity index (χ4v) is 3.67. The molecule has 132 valence electrons. The number of benzene rings is 1. The van der Waals surface area contributed by atoms with E-state index in [1.807, 2.05) is 30.2 Å². The molecule has 1 N–H and O–H groups in total. The summed E-state index contributed by atoms with van der Waals surface area (Å²) in [5.41, 5.74) is 2.95. The summed E-state index contributed by atoms with van der Waals surface area (Å²) in [5.74, 6) is 1.65. The van der Waals surface area contributed by atoms with Crippen molar-refractivity contribution in [1.29, 1.82) is 0 Å². The number of hydrogen-bond acceptors (Lipinski definition) is 5. The van der Waals surface area contributed by atoms with Crippen molar-refractivity contribution in [3.05, 3.63) is 36.7 Å². The number of rotatable bonds is 2. The third kappa shape index (κ3) is 2.28. The highest BCUT2D eigenvalue weighted by Crippen LogP contribution is 2.32. The van der Waals surface area contributed by atoms with Crippen molar-refractivity contribution < 1.29 is 4.74 Å². The first-order chi connectivity index (χ1) is 12.7. The van der Waals surface area contributed by atoms with Gasteiger partial charge in [0.25, 0.3) is 0 Å². The summed E-state index contributed by atoms with van der Waals surface area (Å²) in [5, 5.41) is 6.51. The number of fused-ring (bicyclic) bond motifs is 2. The summed E-state index contributed by atoms with van der Waals surface area (Å²) in [4.78, 5) is 15.4. The fraction of sp³-hybridized carbons (Fsp3) is 0.316. The lowest BCUT2D eigenvalue weighted by molar-refractivity contribution is 0.0987. The van der Waals surface area contributed by atoms with Crippen LogP contribution < -0.4 is 4.90 Å². The van der Waals surface area contributed by atoms with Crippen molar-refractivity contribution in [2.75, 3.05) is 24.7 Å². The zero-order chi connectivity index (χ0) is 17.7. The summed E-state index contributed by atoms with van der Waals surface area (Å²) in [7, 11) is 1.92. The Morgan fingerprint density at radius 2 is 2.12 bits per heavy atom. The van der Waals surface area contributed by atoms with Crippen molar-refractivity contribution in [2.45, 2.75) is 13.0 Å². The predicted molar refractivity (Wildman–Crippen MR) is 101 cm³/mol. The Morgan fingerprint density at radius 1 is 1.19 bits per heavy atom. The minimum absolute atomic E-state index is 0.262. The lowest BCUT2D eigenvalue weighted by Gasteiger charge is -2.34. The molecule has 5 rings (SSSR count). The van der Waals surface area contributed by atoms with Gasteiger partial charge in [0.05, 0.1) is 30.8 Å². The van der Waals surface area contributed by atoms with Gasteiger partial charge < -0.3 is 14.6 Å². The first-order valence-electron chi connectivity index (χ1n) is 8.83. The number of nitrogens with one attached hydrogen (secondary N) is 1. The molecule has 4 aromatic rings. The minimum Gasteiger partial charge on any atom is -0.377 e. The number of morpholine rings is 1. The van der Waals surface area contributed by atoms with Crippen LogP contribution in [-0.2, 0) is 11.8 Å². The second-order valence-electron chi connectivity index (χ2n) is 6.74. The van der Waals surface area contributed by atoms with Gasteiger partial charge in [0, 0.05) is 36.3 Å². The Bertz CT molecular complexity index is 1100. The van der Waals surface area contributed by atoms with Gasteiger partial charge in [-0.25, -0.2) is 9.97 Å². The summed E-state index contributed by atoms with van der Waals surface area (Å²) in [6.45, 7) is 4.39. The molecule has 0 amide bonds. The topological polar surface area (TPSA) is 71.9 Å². The molecule has 1 aromatic carbocycles. The van der Waals surface area contributed by atoms with E-state index in [4.69, 9.17) is 14.7 Å². The molecule has 1 aliphatic heterocycles. The van der Waals surface area contributed by atoms with Crippen LogP contribution in [0.3, 0.4) is 0 Å². The monoisotopic (exact) mass is 348 g/mol. The molecular weight excluding hydrogens is 328 g/mol. The van der Waals surface area contributed by atoms with Gasteiger partial charge in [-0.2, -0.15) is 5.10 Å². The Labute approximate surface area is 150 Å². The number of H-pyrrole nitrogens is 1. The molecule has 0 radical (unpaired) electrons. The van der Waals surface area contributed by atoms with Crippen molar-refractivity contribution in [3.8, 4) is 11.4 Å². The molecule has 1 aliphatic rings.